The lowest BCUT2D eigenvalue weighted by molar-refractivity contribution is 0.634. The number of hydrogen-bond donors (Lipinski definition) is 1. The summed E-state index contributed by atoms with van der Waals surface area (Å²) in [7, 11) is 0. The van der Waals surface area contributed by atoms with Gasteiger partial charge in [0.2, 0.25) is 0 Å². The molecule has 0 unspecified atom stereocenters. The van der Waals surface area contributed by atoms with E-state index in [1.807, 2.05) is 5.38 Å². The summed E-state index contributed by atoms with van der Waals surface area (Å²) in [4.78, 5) is 0. The first kappa shape index (κ1) is 11.1. The van der Waals surface area contributed by atoms with Gasteiger partial charge in [0.05, 0.1) is 0 Å². The second kappa shape index (κ2) is 4.22. The first-order chi connectivity index (χ1) is 7.54. The Hall–Kier alpha value is -1.42. The van der Waals surface area contributed by atoms with Crippen molar-refractivity contribution in [2.75, 3.05) is 5.32 Å². The van der Waals surface area contributed by atoms with Gasteiger partial charge in [-0.25, -0.2) is 0 Å². The van der Waals surface area contributed by atoms with Crippen LogP contribution in [0.3, 0.4) is 0 Å². The number of aromatic nitrogens is 2. The van der Waals surface area contributed by atoms with Gasteiger partial charge in [0.25, 0.3) is 0 Å². The van der Waals surface area contributed by atoms with Crippen molar-refractivity contribution < 1.29 is 0 Å². The van der Waals surface area contributed by atoms with Crippen LogP contribution in [0.2, 0.25) is 0 Å². The van der Waals surface area contributed by atoms with Gasteiger partial charge in [0, 0.05) is 22.2 Å². The van der Waals surface area contributed by atoms with E-state index < -0.39 is 0 Å². The molecule has 2 aromatic rings. The second-order valence-corrected chi connectivity index (χ2v) is 5.35. The lowest BCUT2D eigenvalue weighted by atomic mass is 10.1. The molecule has 0 bridgehead atoms. The number of nitrogens with zero attached hydrogens (tertiary/aromatic N) is 2. The minimum atomic E-state index is 0.0870. The molecule has 3 nitrogen and oxygen atoms in total. The van der Waals surface area contributed by atoms with Crippen LogP contribution < -0.4 is 5.32 Å². The molecule has 0 aliphatic heterocycles. The van der Waals surface area contributed by atoms with Crippen LogP contribution in [-0.4, -0.2) is 15.1 Å². The summed E-state index contributed by atoms with van der Waals surface area (Å²) in [6.45, 7) is 6.43. The molecule has 0 fully saturated rings. The van der Waals surface area contributed by atoms with Gasteiger partial charge in [0.15, 0.2) is 0 Å². The number of hydrogen-bond acceptors (Lipinski definition) is 4. The molecule has 84 valence electrons. The maximum Gasteiger partial charge on any atom is 0.105 e. The molecule has 1 aromatic carbocycles. The van der Waals surface area contributed by atoms with Crippen molar-refractivity contribution in [2.24, 2.45) is 0 Å². The summed E-state index contributed by atoms with van der Waals surface area (Å²) >= 11 is 1.37. The molecule has 2 rings (SSSR count). The molecule has 0 aliphatic carbocycles. The molecule has 1 heterocycles. The Balaban J connectivity index is 2.17. The van der Waals surface area contributed by atoms with Gasteiger partial charge in [-0.15, -0.1) is 5.10 Å². The smallest absolute Gasteiger partial charge is 0.105 e. The predicted molar refractivity (Wildman–Crippen MR) is 68.7 cm³/mol. The molecule has 0 spiro atoms. The fourth-order valence-electron chi connectivity index (χ4n) is 1.45. The predicted octanol–water partition coefficient (Wildman–Crippen LogP) is 3.42. The van der Waals surface area contributed by atoms with Crippen LogP contribution in [0.25, 0.3) is 11.3 Å². The average Bonchev–Trinajstić information content (AvgIpc) is 2.69. The summed E-state index contributed by atoms with van der Waals surface area (Å²) in [6.07, 6.45) is 0. The molecule has 0 saturated heterocycles. The number of rotatable bonds is 2. The van der Waals surface area contributed by atoms with Crippen molar-refractivity contribution in [3.05, 3.63) is 29.6 Å². The standard InChI is InChI=1S/C12H15N3S/c1-12(2,3)13-10-6-4-9(5-7-10)11-8-16-15-14-11/h4-8,13H,1-3H3. The minimum Gasteiger partial charge on any atom is -0.380 e. The number of benzene rings is 1. The molecule has 0 atom stereocenters. The molecule has 4 heteroatoms. The minimum absolute atomic E-state index is 0.0870. The van der Waals surface area contributed by atoms with E-state index in [0.29, 0.717) is 0 Å². The fourth-order valence-corrected chi connectivity index (χ4v) is 1.91. The van der Waals surface area contributed by atoms with E-state index in [9.17, 15) is 0 Å². The van der Waals surface area contributed by atoms with E-state index in [1.165, 1.54) is 11.5 Å². The maximum atomic E-state index is 4.04. The van der Waals surface area contributed by atoms with E-state index in [0.717, 1.165) is 16.9 Å². The van der Waals surface area contributed by atoms with Crippen molar-refractivity contribution in [2.45, 2.75) is 26.3 Å². The molecule has 0 amide bonds. The molecule has 16 heavy (non-hydrogen) atoms. The quantitative estimate of drug-likeness (QED) is 0.863. The largest absolute Gasteiger partial charge is 0.380 e. The van der Waals surface area contributed by atoms with Crippen LogP contribution in [0, 0.1) is 0 Å². The highest BCUT2D eigenvalue weighted by molar-refractivity contribution is 7.03. The van der Waals surface area contributed by atoms with Gasteiger partial charge in [-0.3, -0.25) is 0 Å². The van der Waals surface area contributed by atoms with Crippen LogP contribution in [0.4, 0.5) is 5.69 Å². The zero-order chi connectivity index (χ0) is 11.6. The second-order valence-electron chi connectivity index (χ2n) is 4.74. The normalized spacial score (nSPS) is 11.4. The Morgan fingerprint density at radius 2 is 1.81 bits per heavy atom. The number of anilines is 1. The van der Waals surface area contributed by atoms with Crippen LogP contribution in [0.1, 0.15) is 20.8 Å². The van der Waals surface area contributed by atoms with Gasteiger partial charge < -0.3 is 5.32 Å². The van der Waals surface area contributed by atoms with E-state index in [-0.39, 0.29) is 5.54 Å². The van der Waals surface area contributed by atoms with E-state index >= 15 is 0 Å². The summed E-state index contributed by atoms with van der Waals surface area (Å²) < 4.78 is 3.86. The Morgan fingerprint density at radius 3 is 2.31 bits per heavy atom. The zero-order valence-corrected chi connectivity index (χ0v) is 10.5. The van der Waals surface area contributed by atoms with Crippen molar-refractivity contribution in [1.82, 2.24) is 9.59 Å². The van der Waals surface area contributed by atoms with Crippen LogP contribution in [-0.2, 0) is 0 Å². The Kier molecular flexibility index (Phi) is 2.92. The lowest BCUT2D eigenvalue weighted by Crippen LogP contribution is -2.25. The molecular weight excluding hydrogens is 218 g/mol. The van der Waals surface area contributed by atoms with Gasteiger partial charge in [0.1, 0.15) is 5.69 Å². The SMILES string of the molecule is CC(C)(C)Nc1ccc(-c2csnn2)cc1. The van der Waals surface area contributed by atoms with Crippen LogP contribution in [0.15, 0.2) is 29.6 Å². The monoisotopic (exact) mass is 233 g/mol. The Labute approximate surface area is 99.7 Å². The summed E-state index contributed by atoms with van der Waals surface area (Å²) in [5, 5.41) is 9.41. The van der Waals surface area contributed by atoms with Gasteiger partial charge >= 0.3 is 0 Å². The van der Waals surface area contributed by atoms with E-state index in [4.69, 9.17) is 0 Å². The summed E-state index contributed by atoms with van der Waals surface area (Å²) in [5.41, 5.74) is 3.25. The van der Waals surface area contributed by atoms with Crippen molar-refractivity contribution in [3.8, 4) is 11.3 Å². The Morgan fingerprint density at radius 1 is 1.12 bits per heavy atom. The average molecular weight is 233 g/mol. The third-order valence-corrected chi connectivity index (χ3v) is 2.56. The molecular formula is C12H15N3S. The first-order valence-corrected chi connectivity index (χ1v) is 6.04. The van der Waals surface area contributed by atoms with Crippen molar-refractivity contribution >= 4 is 17.2 Å². The summed E-state index contributed by atoms with van der Waals surface area (Å²) in [5.74, 6) is 0. The highest BCUT2D eigenvalue weighted by Gasteiger charge is 2.09. The lowest BCUT2D eigenvalue weighted by Gasteiger charge is -2.22. The first-order valence-electron chi connectivity index (χ1n) is 5.20. The third kappa shape index (κ3) is 2.79. The molecule has 0 radical (unpaired) electrons. The molecule has 0 saturated carbocycles. The van der Waals surface area contributed by atoms with Crippen LogP contribution >= 0.6 is 11.5 Å². The molecule has 1 aromatic heterocycles. The molecule has 0 aliphatic rings. The maximum absolute atomic E-state index is 4.04. The third-order valence-electron chi connectivity index (χ3n) is 2.06. The van der Waals surface area contributed by atoms with Gasteiger partial charge in [-0.1, -0.05) is 16.6 Å². The molecule has 1 N–H and O–H groups in total. The number of nitrogens with one attached hydrogen (secondary N) is 1. The topological polar surface area (TPSA) is 37.8 Å². The summed E-state index contributed by atoms with van der Waals surface area (Å²) in [6, 6.07) is 8.26. The zero-order valence-electron chi connectivity index (χ0n) is 9.69. The van der Waals surface area contributed by atoms with Crippen LogP contribution in [0.5, 0.6) is 0 Å². The van der Waals surface area contributed by atoms with Gasteiger partial charge in [-0.05, 0) is 44.4 Å². The van der Waals surface area contributed by atoms with E-state index in [2.05, 4.69) is 59.9 Å². The van der Waals surface area contributed by atoms with Crippen molar-refractivity contribution in [3.63, 3.8) is 0 Å². The van der Waals surface area contributed by atoms with Gasteiger partial charge in [-0.2, -0.15) is 0 Å². The highest BCUT2D eigenvalue weighted by Crippen LogP contribution is 2.21. The van der Waals surface area contributed by atoms with E-state index in [1.54, 1.807) is 0 Å². The highest BCUT2D eigenvalue weighted by atomic mass is 32.1. The Bertz CT molecular complexity index is 440. The van der Waals surface area contributed by atoms with Crippen molar-refractivity contribution in [1.29, 1.82) is 0 Å². The fraction of sp³-hybridized carbons (Fsp3) is 0.333.